The first-order valence-electron chi connectivity index (χ1n) is 11.5. The highest BCUT2D eigenvalue weighted by Gasteiger charge is 2.76. The fraction of sp³-hybridized carbons (Fsp3) is 0.625. The zero-order valence-corrected chi connectivity index (χ0v) is 20.5. The van der Waals surface area contributed by atoms with Crippen molar-refractivity contribution in [3.8, 4) is 5.75 Å². The van der Waals surface area contributed by atoms with Gasteiger partial charge in [0.1, 0.15) is 11.8 Å². The molecule has 180 valence electrons. The van der Waals surface area contributed by atoms with Gasteiger partial charge < -0.3 is 25.4 Å². The Kier molecular flexibility index (Phi) is 6.39. The van der Waals surface area contributed by atoms with Gasteiger partial charge in [-0.3, -0.25) is 14.4 Å². The van der Waals surface area contributed by atoms with Crippen LogP contribution in [0, 0.1) is 23.7 Å². The summed E-state index contributed by atoms with van der Waals surface area (Å²) >= 11 is 1.62. The molecule has 0 aromatic heterocycles. The molecule has 3 amide bonds. The second-order valence-corrected chi connectivity index (χ2v) is 11.2. The molecule has 7 atom stereocenters. The summed E-state index contributed by atoms with van der Waals surface area (Å²) in [6.07, 6.45) is 0.776. The molecule has 3 aliphatic rings. The van der Waals surface area contributed by atoms with Gasteiger partial charge in [-0.15, -0.1) is 11.8 Å². The van der Waals surface area contributed by atoms with Crippen LogP contribution in [0.15, 0.2) is 24.3 Å². The van der Waals surface area contributed by atoms with Crippen LogP contribution in [0.2, 0.25) is 0 Å². The molecule has 33 heavy (non-hydrogen) atoms. The molecule has 3 heterocycles. The van der Waals surface area contributed by atoms with Crippen molar-refractivity contribution in [1.29, 1.82) is 0 Å². The van der Waals surface area contributed by atoms with E-state index in [1.165, 1.54) is 0 Å². The lowest BCUT2D eigenvalue weighted by molar-refractivity contribution is -0.142. The number of thioether (sulfide) groups is 1. The van der Waals surface area contributed by atoms with Crippen LogP contribution in [0.1, 0.15) is 27.2 Å². The van der Waals surface area contributed by atoms with Gasteiger partial charge in [-0.1, -0.05) is 20.8 Å². The van der Waals surface area contributed by atoms with Crippen LogP contribution in [0.3, 0.4) is 0 Å². The molecule has 3 N–H and O–H groups in total. The number of methoxy groups -OCH3 is 1. The molecule has 3 aliphatic heterocycles. The van der Waals surface area contributed by atoms with Crippen LogP contribution in [0.25, 0.3) is 0 Å². The molecule has 1 aromatic carbocycles. The molecule has 0 radical (unpaired) electrons. The van der Waals surface area contributed by atoms with Crippen molar-refractivity contribution in [1.82, 2.24) is 10.2 Å². The van der Waals surface area contributed by atoms with Gasteiger partial charge in [0.25, 0.3) is 0 Å². The zero-order valence-electron chi connectivity index (χ0n) is 19.7. The summed E-state index contributed by atoms with van der Waals surface area (Å²) in [5.74, 6) is -1.00. The van der Waals surface area contributed by atoms with Crippen molar-refractivity contribution in [3.63, 3.8) is 0 Å². The lowest BCUT2D eigenvalue weighted by atomic mass is 9.66. The zero-order chi connectivity index (χ0) is 24.1. The molecule has 0 aliphatic carbocycles. The highest BCUT2D eigenvalue weighted by Crippen LogP contribution is 2.68. The Bertz CT molecular complexity index is 939. The number of aliphatic hydroxyl groups excluding tert-OH is 1. The van der Waals surface area contributed by atoms with Gasteiger partial charge in [-0.25, -0.2) is 0 Å². The number of hydrogen-bond donors (Lipinski definition) is 3. The Balaban J connectivity index is 1.77. The third-order valence-electron chi connectivity index (χ3n) is 7.65. The van der Waals surface area contributed by atoms with Gasteiger partial charge in [0, 0.05) is 18.0 Å². The molecular formula is C24H33N3O5S. The number of nitrogens with one attached hydrogen (secondary N) is 2. The normalized spacial score (nSPS) is 33.2. The first-order valence-corrected chi connectivity index (χ1v) is 12.4. The number of carbonyl (C=O) groups excluding carboxylic acids is 3. The van der Waals surface area contributed by atoms with Crippen molar-refractivity contribution in [2.75, 3.05) is 26.1 Å². The third kappa shape index (κ3) is 3.51. The number of aliphatic hydroxyl groups is 1. The SMILES string of the molecule is CNC(=O)[C@@H]1[C@H]2C(=O)N([C@@H](CO)C(C)C)C(C(=O)Nc3ccc(OC)cc3)C23S[C@@H]1CC3C. The molecule has 8 nitrogen and oxygen atoms in total. The predicted molar refractivity (Wildman–Crippen MR) is 127 cm³/mol. The highest BCUT2D eigenvalue weighted by atomic mass is 32.2. The Labute approximate surface area is 198 Å². The quantitative estimate of drug-likeness (QED) is 0.554. The van der Waals surface area contributed by atoms with Gasteiger partial charge in [0.05, 0.1) is 36.3 Å². The molecule has 1 aromatic rings. The van der Waals surface area contributed by atoms with E-state index in [4.69, 9.17) is 4.74 Å². The highest BCUT2D eigenvalue weighted by molar-refractivity contribution is 8.02. The summed E-state index contributed by atoms with van der Waals surface area (Å²) < 4.78 is 4.49. The molecular weight excluding hydrogens is 442 g/mol. The van der Waals surface area contributed by atoms with Crippen LogP contribution in [0.5, 0.6) is 5.75 Å². The number of nitrogens with zero attached hydrogens (tertiary/aromatic N) is 1. The lowest BCUT2D eigenvalue weighted by Crippen LogP contribution is -2.57. The number of ether oxygens (including phenoxy) is 1. The topological polar surface area (TPSA) is 108 Å². The number of likely N-dealkylation sites (tertiary alicyclic amines) is 1. The van der Waals surface area contributed by atoms with Crippen LogP contribution < -0.4 is 15.4 Å². The van der Waals surface area contributed by atoms with E-state index < -0.39 is 28.7 Å². The van der Waals surface area contributed by atoms with Crippen molar-refractivity contribution in [2.24, 2.45) is 23.7 Å². The monoisotopic (exact) mass is 475 g/mol. The minimum Gasteiger partial charge on any atom is -0.497 e. The van der Waals surface area contributed by atoms with Gasteiger partial charge >= 0.3 is 0 Å². The average molecular weight is 476 g/mol. The smallest absolute Gasteiger partial charge is 0.248 e. The summed E-state index contributed by atoms with van der Waals surface area (Å²) in [5.41, 5.74) is 0.603. The Morgan fingerprint density at radius 1 is 1.27 bits per heavy atom. The maximum absolute atomic E-state index is 13.9. The van der Waals surface area contributed by atoms with E-state index in [9.17, 15) is 19.5 Å². The molecule has 9 heteroatoms. The van der Waals surface area contributed by atoms with E-state index in [2.05, 4.69) is 17.6 Å². The van der Waals surface area contributed by atoms with E-state index in [1.807, 2.05) is 13.8 Å². The number of fused-ring (bicyclic) bond motifs is 1. The van der Waals surface area contributed by atoms with E-state index >= 15 is 0 Å². The maximum Gasteiger partial charge on any atom is 0.248 e. The third-order valence-corrected chi connectivity index (χ3v) is 9.73. The fourth-order valence-corrected chi connectivity index (χ4v) is 8.50. The predicted octanol–water partition coefficient (Wildman–Crippen LogP) is 1.73. The number of anilines is 1. The summed E-state index contributed by atoms with van der Waals surface area (Å²) in [7, 11) is 3.17. The molecule has 3 fully saturated rings. The number of benzene rings is 1. The first kappa shape index (κ1) is 23.9. The van der Waals surface area contributed by atoms with Crippen molar-refractivity contribution in [2.45, 2.75) is 49.3 Å². The molecule has 4 rings (SSSR count). The Morgan fingerprint density at radius 2 is 1.94 bits per heavy atom. The lowest BCUT2D eigenvalue weighted by Gasteiger charge is -2.40. The Hall–Kier alpha value is -2.26. The van der Waals surface area contributed by atoms with Crippen LogP contribution >= 0.6 is 11.8 Å². The van der Waals surface area contributed by atoms with Crippen LogP contribution in [-0.2, 0) is 14.4 Å². The summed E-state index contributed by atoms with van der Waals surface area (Å²) in [4.78, 5) is 42.2. The molecule has 2 bridgehead atoms. The number of amides is 3. The summed E-state index contributed by atoms with van der Waals surface area (Å²) in [5, 5.41) is 15.9. The van der Waals surface area contributed by atoms with Gasteiger partial charge in [-0.2, -0.15) is 0 Å². The first-order chi connectivity index (χ1) is 15.7. The summed E-state index contributed by atoms with van der Waals surface area (Å²) in [6, 6.07) is 5.75. The second-order valence-electron chi connectivity index (χ2n) is 9.62. The van der Waals surface area contributed by atoms with Crippen molar-refractivity contribution >= 4 is 35.2 Å². The second kappa shape index (κ2) is 8.83. The molecule has 0 saturated carbocycles. The molecule has 3 saturated heterocycles. The largest absolute Gasteiger partial charge is 0.497 e. The fourth-order valence-electron chi connectivity index (χ4n) is 6.09. The van der Waals surface area contributed by atoms with Crippen LogP contribution in [0.4, 0.5) is 5.69 Å². The van der Waals surface area contributed by atoms with Gasteiger partial charge in [0.15, 0.2) is 0 Å². The number of rotatable bonds is 7. The minimum atomic E-state index is -0.781. The van der Waals surface area contributed by atoms with Crippen LogP contribution in [-0.4, -0.2) is 70.6 Å². The molecule has 1 spiro atoms. The maximum atomic E-state index is 13.9. The van der Waals surface area contributed by atoms with Crippen molar-refractivity contribution < 1.29 is 24.2 Å². The van der Waals surface area contributed by atoms with Crippen molar-refractivity contribution in [3.05, 3.63) is 24.3 Å². The Morgan fingerprint density at radius 3 is 2.48 bits per heavy atom. The molecule has 3 unspecified atom stereocenters. The van der Waals surface area contributed by atoms with E-state index in [0.717, 1.165) is 6.42 Å². The van der Waals surface area contributed by atoms with Gasteiger partial charge in [-0.05, 0) is 42.5 Å². The van der Waals surface area contributed by atoms with E-state index in [1.54, 1.807) is 55.1 Å². The number of hydrogen-bond acceptors (Lipinski definition) is 6. The summed E-state index contributed by atoms with van der Waals surface area (Å²) in [6.45, 7) is 5.70. The van der Waals surface area contributed by atoms with Gasteiger partial charge in [0.2, 0.25) is 17.7 Å². The van der Waals surface area contributed by atoms with E-state index in [0.29, 0.717) is 11.4 Å². The average Bonchev–Trinajstić information content (AvgIpc) is 3.38. The minimum absolute atomic E-state index is 0.000960. The standard InChI is InChI=1S/C24H33N3O5S/c1-12(2)16(11-28)27-20(22(30)26-14-6-8-15(32-5)9-7-14)24-13(3)10-17(33-24)18(21(29)25-4)19(24)23(27)31/h6-9,12-13,16-20,28H,10-11H2,1-5H3,(H,25,29)(H,26,30)/t13?,16-,17+,18-,19-,20?,24?/m0/s1. The number of carbonyl (C=O) groups is 3. The van der Waals surface area contributed by atoms with E-state index in [-0.39, 0.29) is 41.4 Å².